The van der Waals surface area contributed by atoms with Gasteiger partial charge in [-0.3, -0.25) is 9.89 Å². The first kappa shape index (κ1) is 22.3. The van der Waals surface area contributed by atoms with Gasteiger partial charge in [0.15, 0.2) is 12.6 Å². The molecule has 0 aliphatic carbocycles. The second-order valence-corrected chi connectivity index (χ2v) is 7.04. The first-order chi connectivity index (χ1) is 13.3. The van der Waals surface area contributed by atoms with Crippen molar-refractivity contribution in [2.24, 2.45) is 4.99 Å². The number of nitrogens with one attached hydrogen (secondary N) is 2. The molecule has 1 aliphatic rings. The van der Waals surface area contributed by atoms with Crippen molar-refractivity contribution in [3.05, 3.63) is 29.8 Å². The molecule has 1 aromatic rings. The van der Waals surface area contributed by atoms with Crippen molar-refractivity contribution in [3.63, 3.8) is 0 Å². The van der Waals surface area contributed by atoms with Crippen LogP contribution >= 0.6 is 0 Å². The van der Waals surface area contributed by atoms with Gasteiger partial charge in [-0.15, -0.1) is 0 Å². The number of rotatable bonds is 7. The molecule has 1 fully saturated rings. The third kappa shape index (κ3) is 7.93. The van der Waals surface area contributed by atoms with E-state index in [0.717, 1.165) is 38.3 Å². The van der Waals surface area contributed by atoms with E-state index in [-0.39, 0.29) is 5.75 Å². The van der Waals surface area contributed by atoms with Crippen LogP contribution in [0.1, 0.15) is 12.5 Å². The molecule has 0 bridgehead atoms. The molecular weight excluding hydrogens is 371 g/mol. The molecule has 1 atom stereocenters. The normalized spacial score (nSPS) is 18.0. The number of benzene rings is 1. The molecule has 158 valence electrons. The van der Waals surface area contributed by atoms with Crippen LogP contribution in [0, 0.1) is 0 Å². The molecule has 0 spiro atoms. The Morgan fingerprint density at radius 3 is 2.36 bits per heavy atom. The summed E-state index contributed by atoms with van der Waals surface area (Å²) in [6.07, 6.45) is -4.33. The van der Waals surface area contributed by atoms with E-state index in [9.17, 15) is 13.2 Å². The third-order valence-corrected chi connectivity index (χ3v) is 4.74. The van der Waals surface area contributed by atoms with Gasteiger partial charge in [0.25, 0.3) is 0 Å². The number of aliphatic imine (C=N–C) groups is 1. The maximum atomic E-state index is 12.2. The fourth-order valence-electron chi connectivity index (χ4n) is 2.91. The molecule has 1 saturated heterocycles. The predicted molar refractivity (Wildman–Crippen MR) is 105 cm³/mol. The zero-order chi connectivity index (χ0) is 20.6. The van der Waals surface area contributed by atoms with Crippen LogP contribution in [-0.2, 0) is 6.54 Å². The minimum absolute atomic E-state index is 0.199. The van der Waals surface area contributed by atoms with Crippen LogP contribution in [0.3, 0.4) is 0 Å². The minimum atomic E-state index is -4.33. The van der Waals surface area contributed by atoms with E-state index in [1.165, 1.54) is 12.1 Å². The molecule has 1 aliphatic heterocycles. The minimum Gasteiger partial charge on any atom is -0.484 e. The summed E-state index contributed by atoms with van der Waals surface area (Å²) in [5.41, 5.74) is 0.925. The fourth-order valence-corrected chi connectivity index (χ4v) is 2.91. The van der Waals surface area contributed by atoms with E-state index in [4.69, 9.17) is 4.74 Å². The number of nitrogens with zero attached hydrogens (tertiary/aromatic N) is 3. The number of piperazine rings is 1. The molecule has 9 heteroatoms. The summed E-state index contributed by atoms with van der Waals surface area (Å²) < 4.78 is 41.2. The Morgan fingerprint density at radius 1 is 1.14 bits per heavy atom. The van der Waals surface area contributed by atoms with Crippen LogP contribution in [-0.4, -0.2) is 81.4 Å². The Labute approximate surface area is 164 Å². The molecule has 0 saturated carbocycles. The van der Waals surface area contributed by atoms with Crippen LogP contribution in [0.2, 0.25) is 0 Å². The summed E-state index contributed by atoms with van der Waals surface area (Å²) in [5, 5.41) is 6.55. The Balaban J connectivity index is 1.73. The lowest BCUT2D eigenvalue weighted by molar-refractivity contribution is -0.153. The lowest BCUT2D eigenvalue weighted by Gasteiger charge is -2.36. The third-order valence-electron chi connectivity index (χ3n) is 4.74. The molecule has 28 heavy (non-hydrogen) atoms. The van der Waals surface area contributed by atoms with E-state index in [1.807, 2.05) is 0 Å². The Bertz CT molecular complexity index is 613. The van der Waals surface area contributed by atoms with Gasteiger partial charge >= 0.3 is 6.18 Å². The SMILES string of the molecule is CN=C(NCc1ccc(OCC(F)(F)F)cc1)NCC(C)N1CCN(C)CC1. The number of alkyl halides is 3. The number of ether oxygens (including phenoxy) is 1. The highest BCUT2D eigenvalue weighted by atomic mass is 19.4. The Kier molecular flexibility index (Phi) is 8.37. The maximum absolute atomic E-state index is 12.2. The lowest BCUT2D eigenvalue weighted by atomic mass is 10.2. The van der Waals surface area contributed by atoms with Crippen LogP contribution in [0.5, 0.6) is 5.75 Å². The summed E-state index contributed by atoms with van der Waals surface area (Å²) in [4.78, 5) is 9.01. The van der Waals surface area contributed by atoms with E-state index in [2.05, 4.69) is 39.4 Å². The monoisotopic (exact) mass is 401 g/mol. The molecule has 6 nitrogen and oxygen atoms in total. The van der Waals surface area contributed by atoms with Crippen LogP contribution in [0.15, 0.2) is 29.3 Å². The topological polar surface area (TPSA) is 52.1 Å². The van der Waals surface area contributed by atoms with Crippen molar-refractivity contribution < 1.29 is 17.9 Å². The van der Waals surface area contributed by atoms with Gasteiger partial charge in [0, 0.05) is 52.4 Å². The van der Waals surface area contributed by atoms with Gasteiger partial charge in [0.1, 0.15) is 5.75 Å². The van der Waals surface area contributed by atoms with E-state index in [1.54, 1.807) is 19.2 Å². The fraction of sp³-hybridized carbons (Fsp3) is 0.632. The summed E-state index contributed by atoms with van der Waals surface area (Å²) >= 11 is 0. The highest BCUT2D eigenvalue weighted by Crippen LogP contribution is 2.18. The molecule has 2 N–H and O–H groups in total. The molecule has 0 radical (unpaired) electrons. The van der Waals surface area contributed by atoms with Gasteiger partial charge in [-0.1, -0.05) is 12.1 Å². The summed E-state index contributed by atoms with van der Waals surface area (Å²) in [5.74, 6) is 0.892. The summed E-state index contributed by atoms with van der Waals surface area (Å²) in [7, 11) is 3.85. The van der Waals surface area contributed by atoms with Gasteiger partial charge in [0.05, 0.1) is 0 Å². The first-order valence-electron chi connectivity index (χ1n) is 9.42. The second kappa shape index (κ2) is 10.5. The number of hydrogen-bond acceptors (Lipinski definition) is 4. The van der Waals surface area contributed by atoms with Crippen molar-refractivity contribution >= 4 is 5.96 Å². The van der Waals surface area contributed by atoms with Gasteiger partial charge in [-0.2, -0.15) is 13.2 Å². The molecule has 0 aromatic heterocycles. The number of halogens is 3. The van der Waals surface area contributed by atoms with Crippen molar-refractivity contribution in [3.8, 4) is 5.75 Å². The Hall–Kier alpha value is -2.00. The first-order valence-corrected chi connectivity index (χ1v) is 9.42. The van der Waals surface area contributed by atoms with E-state index >= 15 is 0 Å². The molecule has 1 aromatic carbocycles. The maximum Gasteiger partial charge on any atom is 0.422 e. The zero-order valence-corrected chi connectivity index (χ0v) is 16.7. The Morgan fingerprint density at radius 2 is 1.79 bits per heavy atom. The molecule has 1 heterocycles. The van der Waals surface area contributed by atoms with E-state index < -0.39 is 12.8 Å². The lowest BCUT2D eigenvalue weighted by Crippen LogP contribution is -2.52. The highest BCUT2D eigenvalue weighted by molar-refractivity contribution is 5.79. The van der Waals surface area contributed by atoms with Crippen molar-refractivity contribution in [1.82, 2.24) is 20.4 Å². The molecule has 2 rings (SSSR count). The van der Waals surface area contributed by atoms with Gasteiger partial charge in [-0.05, 0) is 31.7 Å². The average Bonchev–Trinajstić information content (AvgIpc) is 2.67. The van der Waals surface area contributed by atoms with Gasteiger partial charge < -0.3 is 20.3 Å². The summed E-state index contributed by atoms with van der Waals surface area (Å²) in [6.45, 7) is 6.51. The number of guanidine groups is 1. The number of hydrogen-bond donors (Lipinski definition) is 2. The summed E-state index contributed by atoms with van der Waals surface area (Å²) in [6, 6.07) is 6.94. The van der Waals surface area contributed by atoms with Gasteiger partial charge in [-0.25, -0.2) is 0 Å². The van der Waals surface area contributed by atoms with Crippen molar-refractivity contribution in [2.45, 2.75) is 25.7 Å². The molecule has 0 amide bonds. The average molecular weight is 401 g/mol. The van der Waals surface area contributed by atoms with Crippen molar-refractivity contribution in [2.75, 3.05) is 53.4 Å². The molecular formula is C19H30F3N5O. The van der Waals surface area contributed by atoms with Crippen molar-refractivity contribution in [1.29, 1.82) is 0 Å². The largest absolute Gasteiger partial charge is 0.484 e. The predicted octanol–water partition coefficient (Wildman–Crippen LogP) is 1.93. The van der Waals surface area contributed by atoms with Crippen LogP contribution < -0.4 is 15.4 Å². The zero-order valence-electron chi connectivity index (χ0n) is 16.7. The highest BCUT2D eigenvalue weighted by Gasteiger charge is 2.28. The standard InChI is InChI=1S/C19H30F3N5O/c1-15(27-10-8-26(3)9-11-27)12-24-18(23-2)25-13-16-4-6-17(7-5-16)28-14-19(20,21)22/h4-7,15H,8-14H2,1-3H3,(H2,23,24,25). The van der Waals surface area contributed by atoms with Crippen LogP contribution in [0.25, 0.3) is 0 Å². The van der Waals surface area contributed by atoms with Gasteiger partial charge in [0.2, 0.25) is 0 Å². The van der Waals surface area contributed by atoms with Crippen LogP contribution in [0.4, 0.5) is 13.2 Å². The second-order valence-electron chi connectivity index (χ2n) is 7.04. The molecule has 1 unspecified atom stereocenters. The smallest absolute Gasteiger partial charge is 0.422 e. The quantitative estimate of drug-likeness (QED) is 0.540. The van der Waals surface area contributed by atoms with E-state index in [0.29, 0.717) is 18.5 Å². The number of likely N-dealkylation sites (N-methyl/N-ethyl adjacent to an activating group) is 1.